The van der Waals surface area contributed by atoms with Crippen molar-refractivity contribution in [1.82, 2.24) is 0 Å². The van der Waals surface area contributed by atoms with Gasteiger partial charge in [-0.05, 0) is 35.4 Å². The maximum absolute atomic E-state index is 11.0. The van der Waals surface area contributed by atoms with Crippen LogP contribution in [-0.2, 0) is 0 Å². The van der Waals surface area contributed by atoms with Gasteiger partial charge in [-0.2, -0.15) is 0 Å². The first kappa shape index (κ1) is 14.4. The van der Waals surface area contributed by atoms with Gasteiger partial charge >= 0.3 is 11.9 Å². The normalized spacial score (nSPS) is 10.3. The first-order valence-electron chi connectivity index (χ1n) is 5.46. The van der Waals surface area contributed by atoms with Crippen molar-refractivity contribution in [2.75, 3.05) is 0 Å². The lowest BCUT2D eigenvalue weighted by Gasteiger charge is -2.07. The molecular formula is C14H8Cl2O4. The molecule has 0 aliphatic rings. The van der Waals surface area contributed by atoms with E-state index >= 15 is 0 Å². The van der Waals surface area contributed by atoms with E-state index in [0.29, 0.717) is 11.1 Å². The van der Waals surface area contributed by atoms with Crippen LogP contribution in [0.2, 0.25) is 10.0 Å². The highest BCUT2D eigenvalue weighted by atomic mass is 35.5. The first-order valence-corrected chi connectivity index (χ1v) is 6.22. The predicted molar refractivity (Wildman–Crippen MR) is 75.8 cm³/mol. The summed E-state index contributed by atoms with van der Waals surface area (Å²) in [6.45, 7) is 0. The van der Waals surface area contributed by atoms with Crippen LogP contribution in [0.25, 0.3) is 11.1 Å². The van der Waals surface area contributed by atoms with Gasteiger partial charge in [-0.3, -0.25) is 0 Å². The summed E-state index contributed by atoms with van der Waals surface area (Å²) >= 11 is 11.7. The molecule has 0 aromatic heterocycles. The second-order valence-corrected chi connectivity index (χ2v) is 4.81. The van der Waals surface area contributed by atoms with Crippen molar-refractivity contribution in [3.63, 3.8) is 0 Å². The highest BCUT2D eigenvalue weighted by Gasteiger charge is 2.13. The van der Waals surface area contributed by atoms with Gasteiger partial charge in [0.1, 0.15) is 0 Å². The zero-order chi connectivity index (χ0) is 14.9. The highest BCUT2D eigenvalue weighted by Crippen LogP contribution is 2.28. The molecule has 0 saturated heterocycles. The Morgan fingerprint density at radius 3 is 1.85 bits per heavy atom. The number of hydrogen-bond donors (Lipinski definition) is 2. The van der Waals surface area contributed by atoms with Crippen LogP contribution in [0.4, 0.5) is 0 Å². The van der Waals surface area contributed by atoms with E-state index in [1.807, 2.05) is 0 Å². The van der Waals surface area contributed by atoms with Gasteiger partial charge in [0.05, 0.1) is 21.2 Å². The lowest BCUT2D eigenvalue weighted by Crippen LogP contribution is -1.99. The molecule has 0 heterocycles. The Balaban J connectivity index is 2.52. The SMILES string of the molecule is O=C(O)c1ccc(-c2ccc(Cl)c(C(=O)O)c2)cc1Cl. The van der Waals surface area contributed by atoms with Crippen molar-refractivity contribution in [3.05, 3.63) is 57.6 Å². The number of benzene rings is 2. The van der Waals surface area contributed by atoms with Gasteiger partial charge in [-0.1, -0.05) is 35.3 Å². The van der Waals surface area contributed by atoms with Crippen LogP contribution in [-0.4, -0.2) is 22.2 Å². The van der Waals surface area contributed by atoms with Crippen LogP contribution in [0.15, 0.2) is 36.4 Å². The van der Waals surface area contributed by atoms with Crippen LogP contribution in [0.1, 0.15) is 20.7 Å². The van der Waals surface area contributed by atoms with E-state index < -0.39 is 11.9 Å². The smallest absolute Gasteiger partial charge is 0.337 e. The minimum absolute atomic E-state index is 0.0113. The molecule has 20 heavy (non-hydrogen) atoms. The molecule has 0 aliphatic carbocycles. The summed E-state index contributed by atoms with van der Waals surface area (Å²) in [4.78, 5) is 21.9. The molecule has 0 radical (unpaired) electrons. The number of rotatable bonds is 3. The van der Waals surface area contributed by atoms with E-state index in [9.17, 15) is 9.59 Å². The lowest BCUT2D eigenvalue weighted by atomic mass is 10.0. The van der Waals surface area contributed by atoms with Gasteiger partial charge < -0.3 is 10.2 Å². The number of halogens is 2. The molecular weight excluding hydrogens is 303 g/mol. The van der Waals surface area contributed by atoms with E-state index in [1.165, 1.54) is 24.3 Å². The molecule has 0 aliphatic heterocycles. The molecule has 6 heteroatoms. The average Bonchev–Trinajstić information content (AvgIpc) is 2.38. The van der Waals surface area contributed by atoms with Crippen LogP contribution < -0.4 is 0 Å². The maximum Gasteiger partial charge on any atom is 0.337 e. The second kappa shape index (κ2) is 5.53. The Morgan fingerprint density at radius 2 is 1.30 bits per heavy atom. The number of carboxylic acids is 2. The molecule has 0 amide bonds. The number of hydrogen-bond acceptors (Lipinski definition) is 2. The molecule has 102 valence electrons. The molecule has 0 saturated carbocycles. The quantitative estimate of drug-likeness (QED) is 0.896. The summed E-state index contributed by atoms with van der Waals surface area (Å²) in [5.41, 5.74) is 1.16. The largest absolute Gasteiger partial charge is 0.478 e. The Kier molecular flexibility index (Phi) is 3.97. The minimum atomic E-state index is -1.13. The topological polar surface area (TPSA) is 74.6 Å². The van der Waals surface area contributed by atoms with Gasteiger partial charge in [0.25, 0.3) is 0 Å². The van der Waals surface area contributed by atoms with Crippen molar-refractivity contribution in [2.45, 2.75) is 0 Å². The molecule has 4 nitrogen and oxygen atoms in total. The third kappa shape index (κ3) is 2.76. The van der Waals surface area contributed by atoms with Crippen molar-refractivity contribution in [3.8, 4) is 11.1 Å². The number of aromatic carboxylic acids is 2. The van der Waals surface area contributed by atoms with Crippen molar-refractivity contribution < 1.29 is 19.8 Å². The van der Waals surface area contributed by atoms with E-state index in [4.69, 9.17) is 33.4 Å². The lowest BCUT2D eigenvalue weighted by molar-refractivity contribution is 0.0686. The fourth-order valence-electron chi connectivity index (χ4n) is 1.74. The summed E-state index contributed by atoms with van der Waals surface area (Å²) in [7, 11) is 0. The standard InChI is InChI=1S/C14H8Cl2O4/c15-11-4-2-7(5-10(11)14(19)20)8-1-3-9(13(17)18)12(16)6-8/h1-6H,(H,17,18)(H,19,20). The van der Waals surface area contributed by atoms with Crippen molar-refractivity contribution in [2.24, 2.45) is 0 Å². The van der Waals surface area contributed by atoms with E-state index in [0.717, 1.165) is 0 Å². The van der Waals surface area contributed by atoms with Gasteiger partial charge in [0.2, 0.25) is 0 Å². The molecule has 2 rings (SSSR count). The second-order valence-electron chi connectivity index (χ2n) is 4.00. The van der Waals surface area contributed by atoms with Gasteiger partial charge in [0.15, 0.2) is 0 Å². The van der Waals surface area contributed by atoms with Gasteiger partial charge in [-0.25, -0.2) is 9.59 Å². The molecule has 0 spiro atoms. The van der Waals surface area contributed by atoms with Crippen LogP contribution in [0.3, 0.4) is 0 Å². The fourth-order valence-corrected chi connectivity index (χ4v) is 2.20. The summed E-state index contributed by atoms with van der Waals surface area (Å²) in [6.07, 6.45) is 0. The highest BCUT2D eigenvalue weighted by molar-refractivity contribution is 6.34. The van der Waals surface area contributed by atoms with Crippen LogP contribution in [0.5, 0.6) is 0 Å². The monoisotopic (exact) mass is 310 g/mol. The summed E-state index contributed by atoms with van der Waals surface area (Å²) in [5.74, 6) is -2.26. The van der Waals surface area contributed by atoms with Crippen LogP contribution in [0, 0.1) is 0 Å². The van der Waals surface area contributed by atoms with Crippen molar-refractivity contribution in [1.29, 1.82) is 0 Å². The van der Waals surface area contributed by atoms with Gasteiger partial charge in [-0.15, -0.1) is 0 Å². The average molecular weight is 311 g/mol. The first-order chi connectivity index (χ1) is 9.40. The zero-order valence-electron chi connectivity index (χ0n) is 9.93. The molecule has 2 N–H and O–H groups in total. The Morgan fingerprint density at radius 1 is 0.750 bits per heavy atom. The van der Waals surface area contributed by atoms with Crippen molar-refractivity contribution >= 4 is 35.1 Å². The molecule has 0 fully saturated rings. The molecule has 0 unspecified atom stereocenters. The molecule has 0 bridgehead atoms. The molecule has 0 atom stereocenters. The Labute approximate surface area is 124 Å². The summed E-state index contributed by atoms with van der Waals surface area (Å²) < 4.78 is 0. The fraction of sp³-hybridized carbons (Fsp3) is 0. The molecule has 2 aromatic carbocycles. The van der Waals surface area contributed by atoms with Gasteiger partial charge in [0, 0.05) is 0 Å². The summed E-state index contributed by atoms with van der Waals surface area (Å²) in [5, 5.41) is 18.1. The van der Waals surface area contributed by atoms with E-state index in [2.05, 4.69) is 0 Å². The third-order valence-corrected chi connectivity index (χ3v) is 3.37. The Hall–Kier alpha value is -2.04. The minimum Gasteiger partial charge on any atom is -0.478 e. The number of carbonyl (C=O) groups is 2. The van der Waals surface area contributed by atoms with Crippen LogP contribution >= 0.6 is 23.2 Å². The van der Waals surface area contributed by atoms with E-state index in [-0.39, 0.29) is 21.2 Å². The maximum atomic E-state index is 11.0. The summed E-state index contributed by atoms with van der Waals surface area (Å²) in [6, 6.07) is 8.93. The zero-order valence-corrected chi connectivity index (χ0v) is 11.4. The third-order valence-electron chi connectivity index (χ3n) is 2.73. The molecule has 2 aromatic rings. The predicted octanol–water partition coefficient (Wildman–Crippen LogP) is 4.06. The Bertz CT molecular complexity index is 710. The van der Waals surface area contributed by atoms with E-state index in [1.54, 1.807) is 12.1 Å². The number of carboxylic acid groups (broad SMARTS) is 2.